The number of hydrogen-bond donors (Lipinski definition) is 1. The van der Waals surface area contributed by atoms with Crippen LogP contribution in [0.2, 0.25) is 5.02 Å². The summed E-state index contributed by atoms with van der Waals surface area (Å²) in [5, 5.41) is 3.47. The Balaban J connectivity index is 2.10. The van der Waals surface area contributed by atoms with Crippen LogP contribution in [-0.2, 0) is 4.74 Å². The van der Waals surface area contributed by atoms with Crippen molar-refractivity contribution in [3.05, 3.63) is 63.1 Å². The Morgan fingerprint density at radius 3 is 2.65 bits per heavy atom. The third-order valence-corrected chi connectivity index (χ3v) is 4.44. The molecule has 0 saturated carbocycles. The van der Waals surface area contributed by atoms with Gasteiger partial charge in [0.1, 0.15) is 11.9 Å². The number of nitrogens with one attached hydrogen (secondary N) is 1. The predicted molar refractivity (Wildman–Crippen MR) is 94.2 cm³/mol. The Hall–Kier alpha value is -1.56. The second-order valence-electron chi connectivity index (χ2n) is 4.80. The van der Waals surface area contributed by atoms with Gasteiger partial charge in [0.25, 0.3) is 5.91 Å². The summed E-state index contributed by atoms with van der Waals surface area (Å²) in [5.74, 6) is 0.401. The molecule has 1 amide bonds. The summed E-state index contributed by atoms with van der Waals surface area (Å²) in [6, 6.07) is 12.6. The molecule has 0 radical (unpaired) electrons. The van der Waals surface area contributed by atoms with Crippen LogP contribution in [0, 0.1) is 0 Å². The van der Waals surface area contributed by atoms with Crippen molar-refractivity contribution in [3.8, 4) is 5.75 Å². The molecule has 0 fully saturated rings. The third-order valence-electron chi connectivity index (χ3n) is 3.40. The highest BCUT2D eigenvalue weighted by Crippen LogP contribution is 2.25. The molecule has 4 nitrogen and oxygen atoms in total. The van der Waals surface area contributed by atoms with Crippen molar-refractivity contribution in [2.45, 2.75) is 6.10 Å². The molecule has 122 valence electrons. The summed E-state index contributed by atoms with van der Waals surface area (Å²) in [5.41, 5.74) is 1.33. The first kappa shape index (κ1) is 17.8. The molecular weight excluding hydrogens is 382 g/mol. The van der Waals surface area contributed by atoms with Gasteiger partial charge in [-0.1, -0.05) is 29.8 Å². The van der Waals surface area contributed by atoms with Crippen molar-refractivity contribution < 1.29 is 14.3 Å². The predicted octanol–water partition coefficient (Wildman–Crippen LogP) is 4.23. The van der Waals surface area contributed by atoms with E-state index in [0.717, 1.165) is 5.56 Å². The molecule has 2 rings (SSSR count). The highest BCUT2D eigenvalue weighted by Gasteiger charge is 2.17. The van der Waals surface area contributed by atoms with Crippen LogP contribution in [0.3, 0.4) is 0 Å². The number of benzene rings is 2. The largest absolute Gasteiger partial charge is 0.497 e. The quantitative estimate of drug-likeness (QED) is 0.792. The summed E-state index contributed by atoms with van der Waals surface area (Å²) in [6.45, 7) is 0.308. The maximum atomic E-state index is 12.4. The second kappa shape index (κ2) is 8.34. The monoisotopic (exact) mass is 397 g/mol. The van der Waals surface area contributed by atoms with E-state index in [1.165, 1.54) is 0 Å². The Morgan fingerprint density at radius 2 is 2.00 bits per heavy atom. The van der Waals surface area contributed by atoms with Gasteiger partial charge in [-0.25, -0.2) is 0 Å². The van der Waals surface area contributed by atoms with E-state index >= 15 is 0 Å². The van der Waals surface area contributed by atoms with Crippen LogP contribution in [0.15, 0.2) is 46.9 Å². The first-order valence-electron chi connectivity index (χ1n) is 6.95. The molecule has 23 heavy (non-hydrogen) atoms. The number of hydrogen-bond acceptors (Lipinski definition) is 3. The van der Waals surface area contributed by atoms with Crippen LogP contribution in [0.4, 0.5) is 0 Å². The minimum atomic E-state index is -0.322. The van der Waals surface area contributed by atoms with Crippen molar-refractivity contribution in [3.63, 3.8) is 0 Å². The lowest BCUT2D eigenvalue weighted by Gasteiger charge is -2.18. The molecule has 2 aromatic carbocycles. The molecule has 0 aliphatic rings. The van der Waals surface area contributed by atoms with Gasteiger partial charge in [0.15, 0.2) is 0 Å². The maximum Gasteiger partial charge on any atom is 0.252 e. The summed E-state index contributed by atoms with van der Waals surface area (Å²) in [6.07, 6.45) is -0.322. The highest BCUT2D eigenvalue weighted by atomic mass is 79.9. The van der Waals surface area contributed by atoms with Gasteiger partial charge in [-0.3, -0.25) is 4.79 Å². The van der Waals surface area contributed by atoms with Gasteiger partial charge < -0.3 is 14.8 Å². The SMILES string of the molecule is COc1ccc(Br)c(C(=O)NCC(OC)c2ccccc2Cl)c1. The fourth-order valence-corrected chi connectivity index (χ4v) is 2.83. The fourth-order valence-electron chi connectivity index (χ4n) is 2.14. The number of halogens is 2. The lowest BCUT2D eigenvalue weighted by Crippen LogP contribution is -2.29. The standard InChI is InChI=1S/C17H17BrClNO3/c1-22-11-7-8-14(18)13(9-11)17(21)20-10-16(23-2)12-5-3-4-6-15(12)19/h3-9,16H,10H2,1-2H3,(H,20,21). The summed E-state index contributed by atoms with van der Waals surface area (Å²) < 4.78 is 11.3. The Kier molecular flexibility index (Phi) is 6.45. The smallest absolute Gasteiger partial charge is 0.252 e. The zero-order valence-corrected chi connectivity index (χ0v) is 15.1. The van der Waals surface area contributed by atoms with Gasteiger partial charge in [-0.2, -0.15) is 0 Å². The van der Waals surface area contributed by atoms with Crippen molar-refractivity contribution in [2.24, 2.45) is 0 Å². The van der Waals surface area contributed by atoms with E-state index in [-0.39, 0.29) is 12.0 Å². The number of methoxy groups -OCH3 is 2. The van der Waals surface area contributed by atoms with Gasteiger partial charge in [0, 0.05) is 28.7 Å². The topological polar surface area (TPSA) is 47.6 Å². The van der Waals surface area contributed by atoms with Crippen LogP contribution in [-0.4, -0.2) is 26.7 Å². The molecular formula is C17H17BrClNO3. The van der Waals surface area contributed by atoms with Crippen molar-refractivity contribution in [1.82, 2.24) is 5.32 Å². The molecule has 0 aliphatic carbocycles. The first-order valence-corrected chi connectivity index (χ1v) is 8.13. The van der Waals surface area contributed by atoms with Crippen molar-refractivity contribution in [2.75, 3.05) is 20.8 Å². The van der Waals surface area contributed by atoms with Crippen molar-refractivity contribution in [1.29, 1.82) is 0 Å². The molecule has 0 aliphatic heterocycles. The number of carbonyl (C=O) groups excluding carboxylic acids is 1. The Labute approximate surface area is 148 Å². The maximum absolute atomic E-state index is 12.4. The summed E-state index contributed by atoms with van der Waals surface area (Å²) in [4.78, 5) is 12.4. The average Bonchev–Trinajstić information content (AvgIpc) is 2.57. The number of ether oxygens (including phenoxy) is 2. The molecule has 0 spiro atoms. The van der Waals surface area contributed by atoms with E-state index in [1.54, 1.807) is 38.5 Å². The van der Waals surface area contributed by atoms with E-state index in [0.29, 0.717) is 27.4 Å². The first-order chi connectivity index (χ1) is 11.1. The fraction of sp³-hybridized carbons (Fsp3) is 0.235. The molecule has 1 N–H and O–H groups in total. The summed E-state index contributed by atoms with van der Waals surface area (Å²) in [7, 11) is 3.14. The van der Waals surface area contributed by atoms with Gasteiger partial charge in [-0.15, -0.1) is 0 Å². The number of carbonyl (C=O) groups is 1. The van der Waals surface area contributed by atoms with Crippen LogP contribution >= 0.6 is 27.5 Å². The zero-order valence-electron chi connectivity index (χ0n) is 12.8. The zero-order chi connectivity index (χ0) is 16.8. The Morgan fingerprint density at radius 1 is 1.26 bits per heavy atom. The minimum absolute atomic E-state index is 0.218. The lowest BCUT2D eigenvalue weighted by atomic mass is 10.1. The van der Waals surface area contributed by atoms with Gasteiger partial charge in [-0.05, 0) is 40.2 Å². The molecule has 0 aromatic heterocycles. The number of rotatable bonds is 6. The third kappa shape index (κ3) is 4.47. The molecule has 6 heteroatoms. The normalized spacial score (nSPS) is 11.8. The van der Waals surface area contributed by atoms with E-state index < -0.39 is 0 Å². The van der Waals surface area contributed by atoms with Crippen LogP contribution in [0.5, 0.6) is 5.75 Å². The van der Waals surface area contributed by atoms with E-state index in [9.17, 15) is 4.79 Å². The molecule has 1 unspecified atom stereocenters. The van der Waals surface area contributed by atoms with Crippen LogP contribution in [0.25, 0.3) is 0 Å². The van der Waals surface area contributed by atoms with Crippen LogP contribution in [0.1, 0.15) is 22.0 Å². The molecule has 1 atom stereocenters. The van der Waals surface area contributed by atoms with Gasteiger partial charge >= 0.3 is 0 Å². The van der Waals surface area contributed by atoms with E-state index in [2.05, 4.69) is 21.2 Å². The van der Waals surface area contributed by atoms with Gasteiger partial charge in [0.2, 0.25) is 0 Å². The summed E-state index contributed by atoms with van der Waals surface area (Å²) >= 11 is 9.55. The average molecular weight is 399 g/mol. The van der Waals surface area contributed by atoms with Crippen LogP contribution < -0.4 is 10.1 Å². The lowest BCUT2D eigenvalue weighted by molar-refractivity contribution is 0.0827. The number of amides is 1. The second-order valence-corrected chi connectivity index (χ2v) is 6.06. The minimum Gasteiger partial charge on any atom is -0.497 e. The van der Waals surface area contributed by atoms with Crippen molar-refractivity contribution >= 4 is 33.4 Å². The van der Waals surface area contributed by atoms with E-state index in [1.807, 2.05) is 18.2 Å². The van der Waals surface area contributed by atoms with E-state index in [4.69, 9.17) is 21.1 Å². The molecule has 0 bridgehead atoms. The molecule has 0 saturated heterocycles. The molecule has 2 aromatic rings. The highest BCUT2D eigenvalue weighted by molar-refractivity contribution is 9.10. The Bertz CT molecular complexity index is 693. The molecule has 0 heterocycles. The van der Waals surface area contributed by atoms with Gasteiger partial charge in [0.05, 0.1) is 12.7 Å².